The molecule has 0 bridgehead atoms. The molecule has 1 fully saturated rings. The van der Waals surface area contributed by atoms with Gasteiger partial charge in [0.2, 0.25) is 5.95 Å². The normalized spacial score (nSPS) is 15.1. The molecule has 1 aliphatic heterocycles. The van der Waals surface area contributed by atoms with Crippen molar-refractivity contribution in [1.29, 1.82) is 0 Å². The molecule has 0 aliphatic carbocycles. The molecule has 2 aromatic heterocycles. The van der Waals surface area contributed by atoms with Crippen LogP contribution in [0.2, 0.25) is 0 Å². The van der Waals surface area contributed by atoms with Crippen LogP contribution in [0.1, 0.15) is 18.9 Å². The molecule has 1 N–H and O–H groups in total. The van der Waals surface area contributed by atoms with Gasteiger partial charge in [-0.25, -0.2) is 4.79 Å². The van der Waals surface area contributed by atoms with Crippen LogP contribution in [0.4, 0.5) is 5.95 Å². The minimum absolute atomic E-state index is 0.397. The molecular weight excluding hydrogens is 404 g/mol. The van der Waals surface area contributed by atoms with Gasteiger partial charge in [-0.2, -0.15) is 4.98 Å². The van der Waals surface area contributed by atoms with Crippen LogP contribution in [0, 0.1) is 0 Å². The average molecular weight is 433 g/mol. The van der Waals surface area contributed by atoms with Crippen LogP contribution < -0.4 is 16.1 Å². The number of aromatic nitrogens is 4. The van der Waals surface area contributed by atoms with Gasteiger partial charge in [0, 0.05) is 33.2 Å². The predicted molar refractivity (Wildman–Crippen MR) is 128 cm³/mol. The van der Waals surface area contributed by atoms with E-state index >= 15 is 0 Å². The molecule has 5 rings (SSSR count). The molecule has 32 heavy (non-hydrogen) atoms. The van der Waals surface area contributed by atoms with Crippen LogP contribution >= 0.6 is 0 Å². The number of benzene rings is 2. The second kappa shape index (κ2) is 8.27. The van der Waals surface area contributed by atoms with Gasteiger partial charge in [0.1, 0.15) is 0 Å². The van der Waals surface area contributed by atoms with Gasteiger partial charge in [0.15, 0.2) is 11.2 Å². The Balaban J connectivity index is 1.65. The number of hydrogen-bond donors (Lipinski definition) is 1. The first kappa shape index (κ1) is 20.5. The van der Waals surface area contributed by atoms with Crippen LogP contribution in [-0.4, -0.2) is 56.7 Å². The van der Waals surface area contributed by atoms with Gasteiger partial charge in [0.25, 0.3) is 5.56 Å². The number of aryl methyl sites for hydroxylation is 1. The maximum Gasteiger partial charge on any atom is 0.329 e. The van der Waals surface area contributed by atoms with E-state index in [1.807, 2.05) is 22.8 Å². The van der Waals surface area contributed by atoms with Crippen LogP contribution in [0.3, 0.4) is 0 Å². The molecule has 1 saturated heterocycles. The van der Waals surface area contributed by atoms with E-state index in [-0.39, 0.29) is 0 Å². The molecule has 8 nitrogen and oxygen atoms in total. The quantitative estimate of drug-likeness (QED) is 0.523. The number of hydrogen-bond acceptors (Lipinski definition) is 5. The van der Waals surface area contributed by atoms with Crippen molar-refractivity contribution in [2.24, 2.45) is 7.05 Å². The highest BCUT2D eigenvalue weighted by atomic mass is 16.2. The Morgan fingerprint density at radius 2 is 1.75 bits per heavy atom. The van der Waals surface area contributed by atoms with Crippen molar-refractivity contribution in [1.82, 2.24) is 24.0 Å². The fourth-order valence-electron chi connectivity index (χ4n) is 4.70. The van der Waals surface area contributed by atoms with Crippen molar-refractivity contribution in [3.05, 3.63) is 68.9 Å². The zero-order valence-corrected chi connectivity index (χ0v) is 18.5. The van der Waals surface area contributed by atoms with Crippen molar-refractivity contribution in [3.63, 3.8) is 0 Å². The highest BCUT2D eigenvalue weighted by Crippen LogP contribution is 2.25. The summed E-state index contributed by atoms with van der Waals surface area (Å²) in [4.78, 5) is 37.1. The monoisotopic (exact) mass is 432 g/mol. The summed E-state index contributed by atoms with van der Waals surface area (Å²) in [5, 5.41) is 2.31. The number of rotatable bonds is 5. The van der Waals surface area contributed by atoms with E-state index in [0.717, 1.165) is 61.4 Å². The van der Waals surface area contributed by atoms with E-state index in [4.69, 9.17) is 4.98 Å². The van der Waals surface area contributed by atoms with E-state index in [0.29, 0.717) is 17.7 Å². The molecule has 0 amide bonds. The lowest BCUT2D eigenvalue weighted by Crippen LogP contribution is -2.47. The SMILES string of the molecule is CCCN1CCN(c2nc3c(c(=O)[nH]c(=O)n3C)n2Cc2cccc3ccccc23)CC1. The lowest BCUT2D eigenvalue weighted by Gasteiger charge is -2.35. The number of fused-ring (bicyclic) bond motifs is 2. The Labute approximate surface area is 185 Å². The molecule has 2 aromatic carbocycles. The van der Waals surface area contributed by atoms with Crippen molar-refractivity contribution < 1.29 is 0 Å². The second-order valence-electron chi connectivity index (χ2n) is 8.46. The molecule has 0 atom stereocenters. The smallest absolute Gasteiger partial charge is 0.329 e. The molecule has 4 aromatic rings. The first-order chi connectivity index (χ1) is 15.6. The third kappa shape index (κ3) is 3.50. The highest BCUT2D eigenvalue weighted by molar-refractivity contribution is 5.86. The van der Waals surface area contributed by atoms with E-state index < -0.39 is 11.2 Å². The molecule has 0 spiro atoms. The highest BCUT2D eigenvalue weighted by Gasteiger charge is 2.25. The maximum absolute atomic E-state index is 12.9. The molecule has 0 unspecified atom stereocenters. The molecule has 1 aliphatic rings. The Morgan fingerprint density at radius 1 is 1.00 bits per heavy atom. The molecule has 166 valence electrons. The summed E-state index contributed by atoms with van der Waals surface area (Å²) in [6.07, 6.45) is 1.14. The van der Waals surface area contributed by atoms with Gasteiger partial charge in [0.05, 0.1) is 6.54 Å². The standard InChI is InChI=1S/C24H28N6O2/c1-3-11-28-12-14-29(15-13-28)23-25-21-20(22(31)26-24(32)27(21)2)30(23)16-18-9-6-8-17-7-4-5-10-19(17)18/h4-10H,3,11-16H2,1-2H3,(H,26,31,32). The minimum Gasteiger partial charge on any atom is -0.340 e. The largest absolute Gasteiger partial charge is 0.340 e. The molecule has 0 radical (unpaired) electrons. The molecule has 8 heteroatoms. The lowest BCUT2D eigenvalue weighted by molar-refractivity contribution is 0.257. The van der Waals surface area contributed by atoms with E-state index in [9.17, 15) is 9.59 Å². The Bertz CT molecular complexity index is 1390. The van der Waals surface area contributed by atoms with Gasteiger partial charge < -0.3 is 4.90 Å². The van der Waals surface area contributed by atoms with E-state index in [1.165, 1.54) is 4.57 Å². The first-order valence-electron chi connectivity index (χ1n) is 11.2. The van der Waals surface area contributed by atoms with Gasteiger partial charge >= 0.3 is 5.69 Å². The Morgan fingerprint density at radius 3 is 2.53 bits per heavy atom. The van der Waals surface area contributed by atoms with Gasteiger partial charge in [-0.15, -0.1) is 0 Å². The maximum atomic E-state index is 12.9. The number of piperazine rings is 1. The van der Waals surface area contributed by atoms with Crippen LogP contribution in [-0.2, 0) is 13.6 Å². The summed E-state index contributed by atoms with van der Waals surface area (Å²) < 4.78 is 3.40. The van der Waals surface area contributed by atoms with Crippen molar-refractivity contribution in [3.8, 4) is 0 Å². The van der Waals surface area contributed by atoms with Crippen LogP contribution in [0.25, 0.3) is 21.9 Å². The zero-order chi connectivity index (χ0) is 22.2. The van der Waals surface area contributed by atoms with E-state index in [1.54, 1.807) is 7.05 Å². The topological polar surface area (TPSA) is 79.2 Å². The fourth-order valence-corrected chi connectivity index (χ4v) is 4.70. The summed E-state index contributed by atoms with van der Waals surface area (Å²) >= 11 is 0. The summed E-state index contributed by atoms with van der Waals surface area (Å²) in [7, 11) is 1.65. The molecule has 3 heterocycles. The number of nitrogens with one attached hydrogen (secondary N) is 1. The number of H-pyrrole nitrogens is 1. The van der Waals surface area contributed by atoms with Gasteiger partial charge in [-0.05, 0) is 29.3 Å². The van der Waals surface area contributed by atoms with Gasteiger partial charge in [-0.3, -0.25) is 23.8 Å². The Kier molecular flexibility index (Phi) is 5.30. The molecule has 0 saturated carbocycles. The van der Waals surface area contributed by atoms with Crippen molar-refractivity contribution in [2.45, 2.75) is 19.9 Å². The Hall–Kier alpha value is -3.39. The predicted octanol–water partition coefficient (Wildman–Crippen LogP) is 2.16. The summed E-state index contributed by atoms with van der Waals surface area (Å²) in [6, 6.07) is 14.5. The third-order valence-corrected chi connectivity index (χ3v) is 6.39. The number of aromatic amines is 1. The van der Waals surface area contributed by atoms with E-state index in [2.05, 4.69) is 46.0 Å². The second-order valence-corrected chi connectivity index (χ2v) is 8.46. The first-order valence-corrected chi connectivity index (χ1v) is 11.2. The van der Waals surface area contributed by atoms with Crippen molar-refractivity contribution in [2.75, 3.05) is 37.6 Å². The third-order valence-electron chi connectivity index (χ3n) is 6.39. The number of anilines is 1. The summed E-state index contributed by atoms with van der Waals surface area (Å²) in [5.41, 5.74) is 1.13. The zero-order valence-electron chi connectivity index (χ0n) is 18.5. The fraction of sp³-hybridized carbons (Fsp3) is 0.375. The summed E-state index contributed by atoms with van der Waals surface area (Å²) in [6.45, 7) is 7.39. The minimum atomic E-state index is -0.448. The summed E-state index contributed by atoms with van der Waals surface area (Å²) in [5.74, 6) is 0.746. The number of nitrogens with zero attached hydrogens (tertiary/aromatic N) is 5. The average Bonchev–Trinajstić information content (AvgIpc) is 3.18. The number of imidazole rings is 1. The van der Waals surface area contributed by atoms with Crippen LogP contribution in [0.15, 0.2) is 52.1 Å². The van der Waals surface area contributed by atoms with Crippen LogP contribution in [0.5, 0.6) is 0 Å². The lowest BCUT2D eigenvalue weighted by atomic mass is 10.0. The van der Waals surface area contributed by atoms with Gasteiger partial charge in [-0.1, -0.05) is 49.4 Å². The molecular formula is C24H28N6O2. The van der Waals surface area contributed by atoms with Crippen molar-refractivity contribution >= 4 is 27.9 Å².